The van der Waals surface area contributed by atoms with Gasteiger partial charge in [0.25, 0.3) is 17.7 Å². The Bertz CT molecular complexity index is 759. The van der Waals surface area contributed by atoms with Crippen molar-refractivity contribution in [3.8, 4) is 0 Å². The maximum atomic E-state index is 12.8. The molecule has 152 valence electrons. The van der Waals surface area contributed by atoms with Crippen LogP contribution < -0.4 is 5.32 Å². The van der Waals surface area contributed by atoms with Gasteiger partial charge in [0.05, 0.1) is 11.1 Å². The second kappa shape index (κ2) is 8.12. The van der Waals surface area contributed by atoms with E-state index >= 15 is 0 Å². The normalized spacial score (nSPS) is 16.0. The molecule has 0 radical (unpaired) electrons. The smallest absolute Gasteiger partial charge is 0.330 e. The van der Waals surface area contributed by atoms with Gasteiger partial charge >= 0.3 is 5.97 Å². The van der Waals surface area contributed by atoms with Crippen LogP contribution in [0.15, 0.2) is 24.3 Å². The van der Waals surface area contributed by atoms with Crippen LogP contribution in [0.2, 0.25) is 0 Å². The Labute approximate surface area is 165 Å². The molecule has 3 amide bonds. The molecule has 0 saturated heterocycles. The molecule has 0 aromatic heterocycles. The average Bonchev–Trinajstić information content (AvgIpc) is 2.82. The van der Waals surface area contributed by atoms with E-state index in [1.165, 1.54) is 6.92 Å². The third-order valence-electron chi connectivity index (χ3n) is 4.26. The maximum absolute atomic E-state index is 12.8. The molecule has 1 aliphatic heterocycles. The Balaban J connectivity index is 2.22. The highest BCUT2D eigenvalue weighted by Gasteiger charge is 2.44. The number of fused-ring (bicyclic) bond motifs is 1. The number of hydrogen-bond donors (Lipinski definition) is 1. The zero-order valence-electron chi connectivity index (χ0n) is 17.2. The summed E-state index contributed by atoms with van der Waals surface area (Å²) in [7, 11) is 0. The van der Waals surface area contributed by atoms with Crippen molar-refractivity contribution in [3.63, 3.8) is 0 Å². The first-order valence-electron chi connectivity index (χ1n) is 9.41. The average molecular weight is 388 g/mol. The maximum Gasteiger partial charge on any atom is 0.330 e. The predicted octanol–water partition coefficient (Wildman–Crippen LogP) is 2.54. The van der Waals surface area contributed by atoms with Gasteiger partial charge in [-0.25, -0.2) is 4.79 Å². The summed E-state index contributed by atoms with van der Waals surface area (Å²) in [5.41, 5.74) is 0.0672. The number of rotatable bonds is 6. The molecule has 1 heterocycles. The SMILES string of the molecule is CC(C)C[C@H](C(=O)O[C@@H](C)C(=O)NC(C)(C)C)N1C(=O)c2ccccc2C1=O. The summed E-state index contributed by atoms with van der Waals surface area (Å²) < 4.78 is 5.33. The Kier molecular flexibility index (Phi) is 6.27. The van der Waals surface area contributed by atoms with Crippen LogP contribution in [0, 0.1) is 5.92 Å². The lowest BCUT2D eigenvalue weighted by molar-refractivity contribution is -0.159. The molecule has 1 N–H and O–H groups in total. The number of amides is 3. The van der Waals surface area contributed by atoms with E-state index < -0.39 is 41.4 Å². The first-order chi connectivity index (χ1) is 12.9. The van der Waals surface area contributed by atoms with Crippen molar-refractivity contribution < 1.29 is 23.9 Å². The minimum Gasteiger partial charge on any atom is -0.451 e. The number of nitrogens with zero attached hydrogens (tertiary/aromatic N) is 1. The number of hydrogen-bond acceptors (Lipinski definition) is 5. The highest BCUT2D eigenvalue weighted by atomic mass is 16.5. The summed E-state index contributed by atoms with van der Waals surface area (Å²) in [6, 6.07) is 5.38. The molecular formula is C21H28N2O5. The fourth-order valence-electron chi connectivity index (χ4n) is 3.02. The minimum absolute atomic E-state index is 0.0283. The largest absolute Gasteiger partial charge is 0.451 e. The van der Waals surface area contributed by atoms with E-state index in [9.17, 15) is 19.2 Å². The van der Waals surface area contributed by atoms with Gasteiger partial charge in [-0.05, 0) is 52.2 Å². The fourth-order valence-corrected chi connectivity index (χ4v) is 3.02. The number of esters is 1. The highest BCUT2D eigenvalue weighted by molar-refractivity contribution is 6.22. The summed E-state index contributed by atoms with van der Waals surface area (Å²) in [5.74, 6) is -2.21. The summed E-state index contributed by atoms with van der Waals surface area (Å²) in [5, 5.41) is 2.74. The second-order valence-electron chi connectivity index (χ2n) is 8.49. The number of carbonyl (C=O) groups excluding carboxylic acids is 4. The van der Waals surface area contributed by atoms with Gasteiger partial charge in [0, 0.05) is 5.54 Å². The fraction of sp³-hybridized carbons (Fsp3) is 0.524. The second-order valence-corrected chi connectivity index (χ2v) is 8.49. The zero-order valence-corrected chi connectivity index (χ0v) is 17.2. The zero-order chi connectivity index (χ0) is 21.2. The van der Waals surface area contributed by atoms with Crippen molar-refractivity contribution in [2.75, 3.05) is 0 Å². The van der Waals surface area contributed by atoms with Crippen LogP contribution in [-0.4, -0.2) is 46.3 Å². The van der Waals surface area contributed by atoms with Crippen molar-refractivity contribution in [1.29, 1.82) is 0 Å². The van der Waals surface area contributed by atoms with E-state index in [-0.39, 0.29) is 23.5 Å². The van der Waals surface area contributed by atoms with Gasteiger partial charge < -0.3 is 10.1 Å². The summed E-state index contributed by atoms with van der Waals surface area (Å²) in [4.78, 5) is 51.6. The standard InChI is InChI=1S/C21H28N2O5/c1-12(2)11-16(20(27)28-13(3)17(24)22-21(4,5)6)23-18(25)14-9-7-8-10-15(14)19(23)26/h7-10,12-13,16H,11H2,1-6H3,(H,22,24)/t13-,16+/m0/s1. The topological polar surface area (TPSA) is 92.8 Å². The van der Waals surface area contributed by atoms with E-state index in [1.807, 2.05) is 34.6 Å². The van der Waals surface area contributed by atoms with Crippen LogP contribution in [0.3, 0.4) is 0 Å². The van der Waals surface area contributed by atoms with Crippen LogP contribution in [0.4, 0.5) is 0 Å². The highest BCUT2D eigenvalue weighted by Crippen LogP contribution is 2.27. The van der Waals surface area contributed by atoms with Crippen LogP contribution in [0.1, 0.15) is 68.7 Å². The van der Waals surface area contributed by atoms with Crippen LogP contribution in [-0.2, 0) is 14.3 Å². The minimum atomic E-state index is -1.09. The van der Waals surface area contributed by atoms with Gasteiger partial charge in [-0.3, -0.25) is 19.3 Å². The Morgan fingerprint density at radius 2 is 1.54 bits per heavy atom. The van der Waals surface area contributed by atoms with E-state index in [2.05, 4.69) is 5.32 Å². The quantitative estimate of drug-likeness (QED) is 0.597. The van der Waals surface area contributed by atoms with Crippen LogP contribution in [0.25, 0.3) is 0 Å². The van der Waals surface area contributed by atoms with Crippen molar-refractivity contribution in [1.82, 2.24) is 10.2 Å². The van der Waals surface area contributed by atoms with Crippen molar-refractivity contribution in [2.24, 2.45) is 5.92 Å². The molecule has 0 aliphatic carbocycles. The molecule has 28 heavy (non-hydrogen) atoms. The number of carbonyl (C=O) groups is 4. The van der Waals surface area contributed by atoms with E-state index in [1.54, 1.807) is 24.3 Å². The van der Waals surface area contributed by atoms with Gasteiger partial charge in [0.2, 0.25) is 0 Å². The number of imide groups is 1. The first kappa shape index (κ1) is 21.6. The van der Waals surface area contributed by atoms with E-state index in [0.29, 0.717) is 0 Å². The van der Waals surface area contributed by atoms with Gasteiger partial charge in [0.15, 0.2) is 6.10 Å². The molecular weight excluding hydrogens is 360 g/mol. The van der Waals surface area contributed by atoms with Crippen molar-refractivity contribution in [3.05, 3.63) is 35.4 Å². The molecule has 0 spiro atoms. The lowest BCUT2D eigenvalue weighted by Crippen LogP contribution is -2.50. The molecule has 1 aromatic carbocycles. The summed E-state index contributed by atoms with van der Waals surface area (Å²) >= 11 is 0. The summed E-state index contributed by atoms with van der Waals surface area (Å²) in [6.07, 6.45) is -0.797. The predicted molar refractivity (Wildman–Crippen MR) is 104 cm³/mol. The molecule has 7 heteroatoms. The lowest BCUT2D eigenvalue weighted by Gasteiger charge is -2.28. The molecule has 2 rings (SSSR count). The van der Waals surface area contributed by atoms with E-state index in [0.717, 1.165) is 4.90 Å². The number of nitrogens with one attached hydrogen (secondary N) is 1. The van der Waals surface area contributed by atoms with Gasteiger partial charge in [-0.1, -0.05) is 26.0 Å². The summed E-state index contributed by atoms with van der Waals surface area (Å²) in [6.45, 7) is 10.7. The molecule has 0 saturated carbocycles. The van der Waals surface area contributed by atoms with Gasteiger partial charge in [-0.15, -0.1) is 0 Å². The Morgan fingerprint density at radius 1 is 1.04 bits per heavy atom. The number of benzene rings is 1. The molecule has 7 nitrogen and oxygen atoms in total. The van der Waals surface area contributed by atoms with Gasteiger partial charge in [-0.2, -0.15) is 0 Å². The number of ether oxygens (including phenoxy) is 1. The molecule has 0 unspecified atom stereocenters. The van der Waals surface area contributed by atoms with E-state index in [4.69, 9.17) is 4.74 Å². The first-order valence-corrected chi connectivity index (χ1v) is 9.41. The molecule has 2 atom stereocenters. The molecule has 1 aliphatic rings. The monoisotopic (exact) mass is 388 g/mol. The molecule has 0 fully saturated rings. The third kappa shape index (κ3) is 4.77. The molecule has 1 aromatic rings. The van der Waals surface area contributed by atoms with Gasteiger partial charge in [0.1, 0.15) is 6.04 Å². The third-order valence-corrected chi connectivity index (χ3v) is 4.26. The Hall–Kier alpha value is -2.70. The van der Waals surface area contributed by atoms with Crippen molar-refractivity contribution >= 4 is 23.7 Å². The molecule has 0 bridgehead atoms. The van der Waals surface area contributed by atoms with Crippen molar-refractivity contribution in [2.45, 2.75) is 65.6 Å². The van der Waals surface area contributed by atoms with Crippen LogP contribution >= 0.6 is 0 Å². The Morgan fingerprint density at radius 3 is 1.96 bits per heavy atom. The lowest BCUT2D eigenvalue weighted by atomic mass is 10.0. The van der Waals surface area contributed by atoms with Crippen LogP contribution in [0.5, 0.6) is 0 Å².